The van der Waals surface area contributed by atoms with Gasteiger partial charge in [0.25, 0.3) is 0 Å². The molecular weight excluding hydrogens is 318 g/mol. The standard InChI is InChI=1S/C12H17BrClN3O/c1-18-11-10(13)8-15-12(16-11)17-7-3-5-9(17)4-2-6-14/h8-9H,2-7H2,1H3. The summed E-state index contributed by atoms with van der Waals surface area (Å²) >= 11 is 9.14. The Bertz CT molecular complexity index is 405. The van der Waals surface area contributed by atoms with Gasteiger partial charge in [-0.1, -0.05) is 0 Å². The molecule has 1 atom stereocenters. The molecule has 18 heavy (non-hydrogen) atoms. The molecule has 1 aromatic heterocycles. The Morgan fingerprint density at radius 1 is 1.61 bits per heavy atom. The van der Waals surface area contributed by atoms with Crippen LogP contribution in [0.3, 0.4) is 0 Å². The molecular formula is C12H17BrClN3O. The largest absolute Gasteiger partial charge is 0.480 e. The van der Waals surface area contributed by atoms with E-state index in [1.807, 2.05) is 0 Å². The molecule has 1 aliphatic rings. The summed E-state index contributed by atoms with van der Waals surface area (Å²) in [5, 5.41) is 0. The van der Waals surface area contributed by atoms with Crippen LogP contribution in [0.2, 0.25) is 0 Å². The van der Waals surface area contributed by atoms with Crippen molar-refractivity contribution in [3.05, 3.63) is 10.7 Å². The molecule has 0 saturated carbocycles. The van der Waals surface area contributed by atoms with E-state index in [1.165, 1.54) is 12.8 Å². The maximum atomic E-state index is 5.77. The highest BCUT2D eigenvalue weighted by atomic mass is 79.9. The zero-order chi connectivity index (χ0) is 13.0. The molecule has 0 aromatic carbocycles. The van der Waals surface area contributed by atoms with Crippen molar-refractivity contribution in [3.63, 3.8) is 0 Å². The Kier molecular flexibility index (Phi) is 5.06. The van der Waals surface area contributed by atoms with Gasteiger partial charge in [-0.25, -0.2) is 4.98 Å². The van der Waals surface area contributed by atoms with Crippen LogP contribution in [0.4, 0.5) is 5.95 Å². The first-order valence-corrected chi connectivity index (χ1v) is 7.48. The van der Waals surface area contributed by atoms with Gasteiger partial charge in [0.1, 0.15) is 0 Å². The average molecular weight is 335 g/mol. The van der Waals surface area contributed by atoms with Crippen molar-refractivity contribution in [3.8, 4) is 5.88 Å². The number of anilines is 1. The first-order valence-electron chi connectivity index (χ1n) is 6.15. The van der Waals surface area contributed by atoms with Crippen LogP contribution in [0.5, 0.6) is 5.88 Å². The van der Waals surface area contributed by atoms with E-state index in [2.05, 4.69) is 30.8 Å². The van der Waals surface area contributed by atoms with Gasteiger partial charge in [0.05, 0.1) is 17.8 Å². The van der Waals surface area contributed by atoms with Crippen LogP contribution in [0.15, 0.2) is 10.7 Å². The number of alkyl halides is 1. The molecule has 0 spiro atoms. The van der Waals surface area contributed by atoms with Crippen LogP contribution in [0.25, 0.3) is 0 Å². The summed E-state index contributed by atoms with van der Waals surface area (Å²) < 4.78 is 6.00. The molecule has 1 aromatic rings. The minimum atomic E-state index is 0.509. The van der Waals surface area contributed by atoms with E-state index >= 15 is 0 Å². The molecule has 2 rings (SSSR count). The van der Waals surface area contributed by atoms with Gasteiger partial charge in [-0.3, -0.25) is 0 Å². The van der Waals surface area contributed by atoms with Crippen molar-refractivity contribution < 1.29 is 4.74 Å². The van der Waals surface area contributed by atoms with E-state index in [0.29, 0.717) is 11.9 Å². The lowest BCUT2D eigenvalue weighted by atomic mass is 10.1. The lowest BCUT2D eigenvalue weighted by Crippen LogP contribution is -2.30. The summed E-state index contributed by atoms with van der Waals surface area (Å²) in [7, 11) is 1.62. The van der Waals surface area contributed by atoms with Crippen LogP contribution in [-0.4, -0.2) is 35.5 Å². The van der Waals surface area contributed by atoms with Crippen LogP contribution < -0.4 is 9.64 Å². The Morgan fingerprint density at radius 3 is 3.17 bits per heavy atom. The highest BCUT2D eigenvalue weighted by Gasteiger charge is 2.26. The van der Waals surface area contributed by atoms with Gasteiger partial charge in [-0.15, -0.1) is 11.6 Å². The van der Waals surface area contributed by atoms with Gasteiger partial charge in [-0.2, -0.15) is 4.98 Å². The maximum absolute atomic E-state index is 5.77. The Morgan fingerprint density at radius 2 is 2.44 bits per heavy atom. The van der Waals surface area contributed by atoms with Crippen molar-refractivity contribution in [1.82, 2.24) is 9.97 Å². The smallest absolute Gasteiger partial charge is 0.232 e. The topological polar surface area (TPSA) is 38.2 Å². The molecule has 4 nitrogen and oxygen atoms in total. The van der Waals surface area contributed by atoms with Crippen LogP contribution in [-0.2, 0) is 0 Å². The maximum Gasteiger partial charge on any atom is 0.232 e. The fourth-order valence-corrected chi connectivity index (χ4v) is 2.84. The number of halogens is 2. The second kappa shape index (κ2) is 6.57. The quantitative estimate of drug-likeness (QED) is 0.775. The predicted octanol–water partition coefficient (Wildman–Crippen LogP) is 3.24. The number of methoxy groups -OCH3 is 1. The van der Waals surface area contributed by atoms with Crippen molar-refractivity contribution in [2.24, 2.45) is 0 Å². The zero-order valence-electron chi connectivity index (χ0n) is 10.4. The van der Waals surface area contributed by atoms with Crippen molar-refractivity contribution >= 4 is 33.5 Å². The van der Waals surface area contributed by atoms with Gasteiger partial charge in [0.2, 0.25) is 11.8 Å². The fourth-order valence-electron chi connectivity index (χ4n) is 2.34. The Balaban J connectivity index is 2.14. The van der Waals surface area contributed by atoms with Gasteiger partial charge in [0, 0.05) is 18.5 Å². The van der Waals surface area contributed by atoms with E-state index in [0.717, 1.165) is 35.7 Å². The second-order valence-corrected chi connectivity index (χ2v) is 5.58. The molecule has 2 heterocycles. The average Bonchev–Trinajstić information content (AvgIpc) is 2.85. The number of nitrogens with zero attached hydrogens (tertiary/aromatic N) is 3. The van der Waals surface area contributed by atoms with E-state index in [-0.39, 0.29) is 0 Å². The number of ether oxygens (including phenoxy) is 1. The first-order chi connectivity index (χ1) is 8.76. The van der Waals surface area contributed by atoms with Crippen molar-refractivity contribution in [2.45, 2.75) is 31.7 Å². The third-order valence-corrected chi connectivity index (χ3v) is 4.01. The first kappa shape index (κ1) is 13.9. The summed E-state index contributed by atoms with van der Waals surface area (Å²) in [6.07, 6.45) is 6.27. The van der Waals surface area contributed by atoms with Crippen LogP contribution in [0, 0.1) is 0 Å². The normalized spacial score (nSPS) is 19.3. The summed E-state index contributed by atoms with van der Waals surface area (Å²) in [5.41, 5.74) is 0. The summed E-state index contributed by atoms with van der Waals surface area (Å²) in [6.45, 7) is 1.01. The van der Waals surface area contributed by atoms with E-state index in [1.54, 1.807) is 13.3 Å². The van der Waals surface area contributed by atoms with Crippen LogP contribution in [0.1, 0.15) is 25.7 Å². The monoisotopic (exact) mass is 333 g/mol. The zero-order valence-corrected chi connectivity index (χ0v) is 12.7. The van der Waals surface area contributed by atoms with Gasteiger partial charge in [0.15, 0.2) is 0 Å². The molecule has 6 heteroatoms. The highest BCUT2D eigenvalue weighted by molar-refractivity contribution is 9.10. The molecule has 0 N–H and O–H groups in total. The predicted molar refractivity (Wildman–Crippen MR) is 76.6 cm³/mol. The van der Waals surface area contributed by atoms with Crippen molar-refractivity contribution in [2.75, 3.05) is 24.4 Å². The summed E-state index contributed by atoms with van der Waals surface area (Å²) in [5.74, 6) is 2.06. The Labute approximate surface area is 121 Å². The van der Waals surface area contributed by atoms with Crippen LogP contribution >= 0.6 is 27.5 Å². The van der Waals surface area contributed by atoms with Gasteiger partial charge >= 0.3 is 0 Å². The molecule has 1 aliphatic heterocycles. The van der Waals surface area contributed by atoms with E-state index in [9.17, 15) is 0 Å². The minimum absolute atomic E-state index is 0.509. The molecule has 0 amide bonds. The third kappa shape index (κ3) is 3.06. The molecule has 100 valence electrons. The number of hydrogen-bond acceptors (Lipinski definition) is 4. The summed E-state index contributed by atoms with van der Waals surface area (Å²) in [6, 6.07) is 0.509. The lowest BCUT2D eigenvalue weighted by Gasteiger charge is -2.24. The molecule has 0 aliphatic carbocycles. The SMILES string of the molecule is COc1nc(N2CCCC2CCCCl)ncc1Br. The van der Waals surface area contributed by atoms with E-state index < -0.39 is 0 Å². The van der Waals surface area contributed by atoms with Crippen molar-refractivity contribution in [1.29, 1.82) is 0 Å². The number of hydrogen-bond donors (Lipinski definition) is 0. The molecule has 1 fully saturated rings. The summed E-state index contributed by atoms with van der Waals surface area (Å²) in [4.78, 5) is 11.1. The Hall–Kier alpha value is -0.550. The molecule has 0 bridgehead atoms. The number of aromatic nitrogens is 2. The second-order valence-electron chi connectivity index (χ2n) is 4.35. The molecule has 1 unspecified atom stereocenters. The number of rotatable bonds is 5. The fraction of sp³-hybridized carbons (Fsp3) is 0.667. The van der Waals surface area contributed by atoms with Gasteiger partial charge < -0.3 is 9.64 Å². The van der Waals surface area contributed by atoms with Gasteiger partial charge in [-0.05, 0) is 41.6 Å². The molecule has 0 radical (unpaired) electrons. The lowest BCUT2D eigenvalue weighted by molar-refractivity contribution is 0.393. The molecule has 1 saturated heterocycles. The highest BCUT2D eigenvalue weighted by Crippen LogP contribution is 2.29. The van der Waals surface area contributed by atoms with E-state index in [4.69, 9.17) is 16.3 Å². The third-order valence-electron chi connectivity index (χ3n) is 3.20. The minimum Gasteiger partial charge on any atom is -0.480 e.